The van der Waals surface area contributed by atoms with Gasteiger partial charge in [0.2, 0.25) is 65.0 Å². The number of benzene rings is 1. The summed E-state index contributed by atoms with van der Waals surface area (Å²) in [4.78, 5) is 140. The summed E-state index contributed by atoms with van der Waals surface area (Å²) in [5, 5.41) is 46.8. The summed E-state index contributed by atoms with van der Waals surface area (Å²) in [6.45, 7) is -3.54. The van der Waals surface area contributed by atoms with Gasteiger partial charge in [-0.05, 0) is 17.7 Å². The van der Waals surface area contributed by atoms with Crippen LogP contribution in [0.25, 0.3) is 0 Å². The smallest absolute Gasteiger partial charge is 0.245 e. The van der Waals surface area contributed by atoms with Gasteiger partial charge in [0.15, 0.2) is 0 Å². The number of hydrogen-bond acceptors (Lipinski definition) is 14. The first-order chi connectivity index (χ1) is 26.8. The van der Waals surface area contributed by atoms with Crippen LogP contribution in [0, 0.1) is 0 Å². The monoisotopic (exact) mass is 807 g/mol. The highest BCUT2D eigenvalue weighted by Gasteiger charge is 2.33. The lowest BCUT2D eigenvalue weighted by Gasteiger charge is -2.25. The zero-order chi connectivity index (χ0) is 42.8. The second kappa shape index (κ2) is 22.5. The van der Waals surface area contributed by atoms with Gasteiger partial charge in [-0.15, -0.1) is 0 Å². The third-order valence-electron chi connectivity index (χ3n) is 7.87. The van der Waals surface area contributed by atoms with Crippen LogP contribution in [0.5, 0.6) is 5.75 Å². The van der Waals surface area contributed by atoms with E-state index in [0.29, 0.717) is 5.56 Å². The van der Waals surface area contributed by atoms with Crippen molar-refractivity contribution in [3.8, 4) is 5.75 Å². The number of amides is 11. The van der Waals surface area contributed by atoms with E-state index in [-0.39, 0.29) is 12.2 Å². The number of aliphatic hydroxyl groups is 2. The van der Waals surface area contributed by atoms with E-state index in [1.165, 1.54) is 24.3 Å². The Morgan fingerprint density at radius 3 is 1.40 bits per heavy atom. The maximum Gasteiger partial charge on any atom is 0.245 e. The number of nitrogens with one attached hydrogen (secondary N) is 8. The molecule has 1 aliphatic heterocycles. The fourth-order valence-corrected chi connectivity index (χ4v) is 5.01. The summed E-state index contributed by atoms with van der Waals surface area (Å²) in [7, 11) is 0. The molecule has 0 saturated carbocycles. The van der Waals surface area contributed by atoms with Gasteiger partial charge in [-0.25, -0.2) is 0 Å². The number of primary amides is 3. The Balaban J connectivity index is 2.51. The van der Waals surface area contributed by atoms with E-state index in [2.05, 4.69) is 37.2 Å². The second-order valence-electron chi connectivity index (χ2n) is 12.5. The normalized spacial score (nSPS) is 24.0. The van der Waals surface area contributed by atoms with Gasteiger partial charge in [0, 0.05) is 19.4 Å². The Morgan fingerprint density at radius 1 is 0.526 bits per heavy atom. The highest BCUT2D eigenvalue weighted by Crippen LogP contribution is 2.12. The average Bonchev–Trinajstić information content (AvgIpc) is 3.13. The van der Waals surface area contributed by atoms with Crippen molar-refractivity contribution in [2.24, 2.45) is 17.2 Å². The largest absolute Gasteiger partial charge is 0.508 e. The molecular formula is C32H45N11O14. The molecular weight excluding hydrogens is 762 g/mol. The van der Waals surface area contributed by atoms with E-state index in [1.54, 1.807) is 0 Å². The predicted molar refractivity (Wildman–Crippen MR) is 190 cm³/mol. The van der Waals surface area contributed by atoms with E-state index in [9.17, 15) is 68.1 Å². The molecule has 1 fully saturated rings. The van der Waals surface area contributed by atoms with Crippen LogP contribution in [0.2, 0.25) is 0 Å². The highest BCUT2D eigenvalue weighted by atomic mass is 16.3. The van der Waals surface area contributed by atoms with Gasteiger partial charge in [0.25, 0.3) is 0 Å². The first kappa shape index (κ1) is 46.3. The third-order valence-corrected chi connectivity index (χ3v) is 7.87. The Kier molecular flexibility index (Phi) is 18.2. The summed E-state index contributed by atoms with van der Waals surface area (Å²) in [6, 6.07) is -5.10. The molecule has 0 radical (unpaired) electrons. The summed E-state index contributed by atoms with van der Waals surface area (Å²) >= 11 is 0. The number of carbonyl (C=O) groups excluding carboxylic acids is 11. The van der Waals surface area contributed by atoms with Crippen molar-refractivity contribution in [1.29, 1.82) is 0 Å². The lowest BCUT2D eigenvalue weighted by molar-refractivity contribution is -0.136. The third kappa shape index (κ3) is 16.2. The summed E-state index contributed by atoms with van der Waals surface area (Å²) in [6.07, 6.45) is -3.35. The Bertz CT molecular complexity index is 1710. The fraction of sp³-hybridized carbons (Fsp3) is 0.469. The standard InChI is InChI=1S/C32H45N11O14/c33-22(47)8-17-27(52)36-6-5-25(50)39-20(12-44)31(56)40-16(7-14-1-3-15(46)4-2-14)29(54)41-18(9-23(34)48)28(53)37-11-26(51)38-19(10-24(35)49)30(55)43-21(13-45)32(57)42-17/h1-4,16-21,44-46H,5-13H2,(H2,33,47)(H2,34,48)(H2,35,49)(H,36,52)(H,37,53)(H,38,51)(H,39,50)(H,40,56)(H,41,54)(H,42,57)(H,43,55)/t16?,17-,18-,19?,20?,21?/m0/s1. The molecule has 0 aliphatic carbocycles. The Morgan fingerprint density at radius 2 is 0.912 bits per heavy atom. The molecule has 1 saturated heterocycles. The van der Waals surface area contributed by atoms with Crippen LogP contribution in [0.4, 0.5) is 0 Å². The van der Waals surface area contributed by atoms with E-state index in [4.69, 9.17) is 17.2 Å². The zero-order valence-electron chi connectivity index (χ0n) is 30.2. The number of phenolic OH excluding ortho intramolecular Hbond substituents is 1. The van der Waals surface area contributed by atoms with Gasteiger partial charge in [-0.2, -0.15) is 0 Å². The van der Waals surface area contributed by atoms with Gasteiger partial charge in [-0.3, -0.25) is 52.7 Å². The Hall–Kier alpha value is -6.89. The summed E-state index contributed by atoms with van der Waals surface area (Å²) in [5.41, 5.74) is 16.0. The molecule has 11 amide bonds. The molecule has 1 aromatic carbocycles. The first-order valence-electron chi connectivity index (χ1n) is 17.0. The first-order valence-corrected chi connectivity index (χ1v) is 17.0. The topological polar surface area (TPSA) is 423 Å². The predicted octanol–water partition coefficient (Wildman–Crippen LogP) is -8.91. The highest BCUT2D eigenvalue weighted by molar-refractivity contribution is 5.99. The van der Waals surface area contributed by atoms with Gasteiger partial charge in [-0.1, -0.05) is 12.1 Å². The van der Waals surface area contributed by atoms with Crippen molar-refractivity contribution >= 4 is 65.0 Å². The lowest BCUT2D eigenvalue weighted by atomic mass is 10.0. The van der Waals surface area contributed by atoms with Crippen LogP contribution >= 0.6 is 0 Å². The molecule has 6 atom stereocenters. The van der Waals surface area contributed by atoms with Crippen molar-refractivity contribution < 1.29 is 68.1 Å². The van der Waals surface area contributed by atoms with Crippen molar-refractivity contribution in [2.75, 3.05) is 26.3 Å². The van der Waals surface area contributed by atoms with Crippen LogP contribution in [0.1, 0.15) is 31.2 Å². The molecule has 0 bridgehead atoms. The molecule has 25 nitrogen and oxygen atoms in total. The molecule has 1 aliphatic rings. The lowest BCUT2D eigenvalue weighted by Crippen LogP contribution is -2.59. The van der Waals surface area contributed by atoms with E-state index in [1.807, 2.05) is 5.32 Å². The summed E-state index contributed by atoms with van der Waals surface area (Å²) < 4.78 is 0. The number of hydrogen-bond donors (Lipinski definition) is 14. The van der Waals surface area contributed by atoms with E-state index < -0.39 is 153 Å². The summed E-state index contributed by atoms with van der Waals surface area (Å²) in [5.74, 6) is -12.4. The molecule has 312 valence electrons. The molecule has 4 unspecified atom stereocenters. The maximum absolute atomic E-state index is 13.6. The van der Waals surface area contributed by atoms with E-state index >= 15 is 0 Å². The number of rotatable bonds is 10. The van der Waals surface area contributed by atoms with Crippen LogP contribution < -0.4 is 59.7 Å². The molecule has 17 N–H and O–H groups in total. The van der Waals surface area contributed by atoms with Crippen LogP contribution in [-0.4, -0.2) is 143 Å². The van der Waals surface area contributed by atoms with Gasteiger partial charge >= 0.3 is 0 Å². The number of carbonyl (C=O) groups is 11. The van der Waals surface area contributed by atoms with Crippen molar-refractivity contribution in [1.82, 2.24) is 42.5 Å². The van der Waals surface area contributed by atoms with Crippen LogP contribution in [0.15, 0.2) is 24.3 Å². The second-order valence-corrected chi connectivity index (χ2v) is 12.5. The molecule has 25 heteroatoms. The number of phenols is 1. The fourth-order valence-electron chi connectivity index (χ4n) is 5.01. The van der Waals surface area contributed by atoms with Crippen molar-refractivity contribution in [3.05, 3.63) is 29.8 Å². The molecule has 1 aromatic rings. The SMILES string of the molecule is NC(=O)CC1NC(=O)CNC(=O)[C@H](CC(N)=O)NC(=O)C(Cc2ccc(O)cc2)NC(=O)C(CO)NC(=O)CCNC(=O)[C@H](CC(N)=O)NC(=O)C(CO)NC1=O. The number of aromatic hydroxyl groups is 1. The van der Waals surface area contributed by atoms with Gasteiger partial charge in [0.1, 0.15) is 42.0 Å². The number of aliphatic hydroxyl groups excluding tert-OH is 2. The number of nitrogens with two attached hydrogens (primary N) is 3. The molecule has 0 aromatic heterocycles. The maximum atomic E-state index is 13.6. The molecule has 57 heavy (non-hydrogen) atoms. The Labute approximate surface area is 322 Å². The zero-order valence-corrected chi connectivity index (χ0v) is 30.2. The average molecular weight is 808 g/mol. The molecule has 0 spiro atoms. The minimum Gasteiger partial charge on any atom is -0.508 e. The quantitative estimate of drug-likeness (QED) is 0.104. The van der Waals surface area contributed by atoms with Gasteiger partial charge < -0.3 is 75.1 Å². The van der Waals surface area contributed by atoms with Gasteiger partial charge in [0.05, 0.1) is 39.0 Å². The van der Waals surface area contributed by atoms with Crippen LogP contribution in [-0.2, 0) is 59.2 Å². The minimum atomic E-state index is -1.86. The van der Waals surface area contributed by atoms with E-state index in [0.717, 1.165) is 0 Å². The molecule has 2 rings (SSSR count). The van der Waals surface area contributed by atoms with Crippen molar-refractivity contribution in [2.45, 2.75) is 68.4 Å². The van der Waals surface area contributed by atoms with Crippen LogP contribution in [0.3, 0.4) is 0 Å². The minimum absolute atomic E-state index is 0.137. The van der Waals surface area contributed by atoms with Crippen molar-refractivity contribution in [3.63, 3.8) is 0 Å². The molecule has 1 heterocycles.